The summed E-state index contributed by atoms with van der Waals surface area (Å²) in [7, 11) is -7.02. The Balaban J connectivity index is 2.13. The number of rotatable bonds is 16. The topological polar surface area (TPSA) is 36.9 Å². The first-order valence-corrected chi connectivity index (χ1v) is 35.9. The zero-order valence-corrected chi connectivity index (χ0v) is 46.3. The average molecular weight is 888 g/mol. The molecule has 0 N–H and O–H groups in total. The maximum absolute atomic E-state index is 6.79. The lowest BCUT2D eigenvalue weighted by Gasteiger charge is -2.46. The van der Waals surface area contributed by atoms with Crippen molar-refractivity contribution < 1.29 is 17.7 Å². The molecule has 0 amide bonds. The van der Waals surface area contributed by atoms with Crippen LogP contribution in [0, 0.1) is 22.7 Å². The lowest BCUT2D eigenvalue weighted by Crippen LogP contribution is -2.50. The van der Waals surface area contributed by atoms with Gasteiger partial charge in [-0.1, -0.05) is 111 Å². The van der Waals surface area contributed by atoms with Crippen molar-refractivity contribution in [3.05, 3.63) is 117 Å². The molecule has 60 heavy (non-hydrogen) atoms. The summed E-state index contributed by atoms with van der Waals surface area (Å²) < 4.78 is 27.1. The van der Waals surface area contributed by atoms with Crippen LogP contribution in [0.1, 0.15) is 82.1 Å². The fraction of sp³-hybridized carbons (Fsp3) is 0.577. The van der Waals surface area contributed by atoms with Gasteiger partial charge in [0.25, 0.3) is 0 Å². The molecule has 0 saturated carbocycles. The van der Waals surface area contributed by atoms with Crippen molar-refractivity contribution in [1.82, 2.24) is 0 Å². The first kappa shape index (κ1) is 53.8. The van der Waals surface area contributed by atoms with Gasteiger partial charge >= 0.3 is 0 Å². The highest BCUT2D eigenvalue weighted by Crippen LogP contribution is 2.46. The summed E-state index contributed by atoms with van der Waals surface area (Å²) in [5.41, 5.74) is 9.95. The van der Waals surface area contributed by atoms with Crippen molar-refractivity contribution in [3.8, 4) is 11.8 Å². The molecule has 0 radical (unpaired) electrons. The van der Waals surface area contributed by atoms with Gasteiger partial charge in [-0.25, -0.2) is 0 Å². The molecule has 0 fully saturated rings. The van der Waals surface area contributed by atoms with Crippen LogP contribution in [0.5, 0.6) is 0 Å². The van der Waals surface area contributed by atoms with E-state index in [2.05, 4.69) is 220 Å². The van der Waals surface area contributed by atoms with E-state index in [-0.39, 0.29) is 35.2 Å². The van der Waals surface area contributed by atoms with Crippen LogP contribution in [0.2, 0.25) is 78.6 Å². The van der Waals surface area contributed by atoms with Gasteiger partial charge in [-0.3, -0.25) is 0 Å². The second kappa shape index (κ2) is 21.8. The van der Waals surface area contributed by atoms with Crippen molar-refractivity contribution in [2.45, 2.75) is 185 Å². The minimum atomic E-state index is -1.78. The van der Waals surface area contributed by atoms with Crippen LogP contribution in [0.4, 0.5) is 0 Å². The molecule has 8 heteroatoms. The van der Waals surface area contributed by atoms with Gasteiger partial charge in [0.2, 0.25) is 0 Å². The van der Waals surface area contributed by atoms with Crippen LogP contribution < -0.4 is 0 Å². The summed E-state index contributed by atoms with van der Waals surface area (Å²) in [5.74, 6) is 6.39. The Morgan fingerprint density at radius 3 is 1.07 bits per heavy atom. The summed E-state index contributed by atoms with van der Waals surface area (Å²) in [6, 6.07) is 0. The molecule has 2 rings (SSSR count). The minimum Gasteiger partial charge on any atom is -0.412 e. The molecule has 0 aromatic carbocycles. The summed E-state index contributed by atoms with van der Waals surface area (Å²) in [6.07, 6.45) is 27.9. The maximum Gasteiger partial charge on any atom is 0.184 e. The fourth-order valence-corrected chi connectivity index (χ4v) is 12.4. The summed E-state index contributed by atoms with van der Waals surface area (Å²) in [4.78, 5) is 0. The zero-order valence-electron chi connectivity index (χ0n) is 42.3. The van der Waals surface area contributed by atoms with E-state index in [9.17, 15) is 0 Å². The second-order valence-electron chi connectivity index (χ2n) is 22.5. The monoisotopic (exact) mass is 887 g/mol. The van der Waals surface area contributed by atoms with E-state index >= 15 is 0 Å². The molecule has 334 valence electrons. The highest BCUT2D eigenvalue weighted by Gasteiger charge is 2.44. The van der Waals surface area contributed by atoms with Crippen LogP contribution in [0.15, 0.2) is 117 Å². The highest BCUT2D eigenvalue weighted by atomic mass is 28.4. The molecule has 0 saturated heterocycles. The first-order valence-electron chi connectivity index (χ1n) is 22.2. The fourth-order valence-electron chi connectivity index (χ4n) is 7.94. The second-order valence-corrected chi connectivity index (χ2v) is 40.3. The molecule has 4 atom stereocenters. The molecule has 0 bridgehead atoms. The zero-order chi connectivity index (χ0) is 46.1. The Hall–Kier alpha value is -2.33. The third-order valence-corrected chi connectivity index (χ3v) is 14.3. The maximum atomic E-state index is 6.79. The Morgan fingerprint density at radius 1 is 0.483 bits per heavy atom. The van der Waals surface area contributed by atoms with Crippen molar-refractivity contribution in [3.63, 3.8) is 0 Å². The van der Waals surface area contributed by atoms with Crippen LogP contribution in [0.3, 0.4) is 0 Å². The van der Waals surface area contributed by atoms with Crippen molar-refractivity contribution in [2.75, 3.05) is 0 Å². The average Bonchev–Trinajstić information content (AvgIpc) is 3.03. The predicted molar refractivity (Wildman–Crippen MR) is 274 cm³/mol. The highest BCUT2D eigenvalue weighted by molar-refractivity contribution is 6.71. The van der Waals surface area contributed by atoms with E-state index in [0.717, 1.165) is 24.0 Å². The molecular formula is C52H86O4Si4. The first-order chi connectivity index (χ1) is 27.2. The molecule has 2 aliphatic carbocycles. The normalized spacial score (nSPS) is 24.4. The molecule has 0 aromatic rings. The molecule has 0 aromatic heterocycles. The lowest BCUT2D eigenvalue weighted by atomic mass is 9.70. The molecule has 0 heterocycles. The molecule has 0 aliphatic heterocycles. The van der Waals surface area contributed by atoms with Gasteiger partial charge in [-0.05, 0) is 189 Å². The summed E-state index contributed by atoms with van der Waals surface area (Å²) in [5, 5.41) is 0. The van der Waals surface area contributed by atoms with E-state index in [1.54, 1.807) is 0 Å². The largest absolute Gasteiger partial charge is 0.412 e. The molecule has 0 unspecified atom stereocenters. The van der Waals surface area contributed by atoms with Gasteiger partial charge in [0.1, 0.15) is 0 Å². The Labute approximate surface area is 374 Å². The van der Waals surface area contributed by atoms with Crippen LogP contribution in [0.25, 0.3) is 0 Å². The van der Waals surface area contributed by atoms with Gasteiger partial charge in [0.05, 0.1) is 24.4 Å². The Kier molecular flexibility index (Phi) is 19.6. The molecular weight excluding hydrogens is 801 g/mol. The van der Waals surface area contributed by atoms with Crippen molar-refractivity contribution in [2.24, 2.45) is 10.8 Å². The number of hydrogen-bond acceptors (Lipinski definition) is 4. The summed E-state index contributed by atoms with van der Waals surface area (Å²) in [6.45, 7) is 49.7. The van der Waals surface area contributed by atoms with Crippen LogP contribution >= 0.6 is 0 Å². The standard InChI is InChI=1S/C52H86O4Si4/c1-39(29-25-31-41(3)33-35-45-43(5)49(55-59(17,18)19)47(37-51(45,7)8)53-57(11,12)13)27-23-24-28-40(2)30-26-32-42(4)34-36-46-44(6)50(56-60(20,21)22)48(38-52(46,9)10)54-58(14,15)16/h25-36,47-50H,37-38H2,1-22H3/b29-25+,30-26+,35-33+,36-34+,39-27+,40-28+,41-31+,42-32+/t47-,48-,49+,50+/m0/s1. The third-order valence-electron chi connectivity index (χ3n) is 10.4. The van der Waals surface area contributed by atoms with E-state index in [0.29, 0.717) is 0 Å². The number of allylic oxidation sites excluding steroid dienone is 18. The van der Waals surface area contributed by atoms with E-state index in [1.165, 1.54) is 33.4 Å². The minimum absolute atomic E-state index is 0.000532. The quantitative estimate of drug-likeness (QED) is 0.0879. The summed E-state index contributed by atoms with van der Waals surface area (Å²) >= 11 is 0. The van der Waals surface area contributed by atoms with E-state index in [1.807, 2.05) is 12.2 Å². The molecule has 0 spiro atoms. The van der Waals surface area contributed by atoms with Crippen LogP contribution in [-0.2, 0) is 17.7 Å². The Morgan fingerprint density at radius 2 is 0.783 bits per heavy atom. The number of hydrogen-bond donors (Lipinski definition) is 0. The lowest BCUT2D eigenvalue weighted by molar-refractivity contribution is 0.0284. The molecule has 4 nitrogen and oxygen atoms in total. The van der Waals surface area contributed by atoms with E-state index < -0.39 is 33.3 Å². The Bertz CT molecular complexity index is 1740. The van der Waals surface area contributed by atoms with Gasteiger partial charge in [-0.15, -0.1) is 0 Å². The van der Waals surface area contributed by atoms with Gasteiger partial charge < -0.3 is 17.7 Å². The van der Waals surface area contributed by atoms with Gasteiger partial charge in [-0.2, -0.15) is 0 Å². The van der Waals surface area contributed by atoms with E-state index in [4.69, 9.17) is 17.7 Å². The predicted octanol–water partition coefficient (Wildman–Crippen LogP) is 15.4. The third kappa shape index (κ3) is 19.4. The van der Waals surface area contributed by atoms with Crippen molar-refractivity contribution in [1.29, 1.82) is 0 Å². The van der Waals surface area contributed by atoms with Crippen LogP contribution in [-0.4, -0.2) is 57.7 Å². The SMILES string of the molecule is CC1=C(/C=C/C(C)=C/C=C/C(C)=C/C#C/C=C(C)/C=C/C=C(C)/C=C/C2=C(C)[C@@H](O[Si](C)(C)C)[C@@H](O[Si](C)(C)C)CC2(C)C)C(C)(C)C[C@H](O[Si](C)(C)C)[C@@H]1O[Si](C)(C)C. The van der Waals surface area contributed by atoms with Gasteiger partial charge in [0, 0.05) is 0 Å². The van der Waals surface area contributed by atoms with Gasteiger partial charge in [0.15, 0.2) is 33.3 Å². The smallest absolute Gasteiger partial charge is 0.184 e. The molecule has 2 aliphatic rings. The van der Waals surface area contributed by atoms with Crippen molar-refractivity contribution >= 4 is 33.3 Å².